The number of rotatable bonds is 6. The molecule has 0 fully saturated rings. The van der Waals surface area contributed by atoms with Crippen molar-refractivity contribution in [3.05, 3.63) is 175 Å². The number of hydrogen-bond acceptors (Lipinski definition) is 5. The van der Waals surface area contributed by atoms with Crippen LogP contribution < -0.4 is 0 Å². The first-order chi connectivity index (χ1) is 24.3. The highest BCUT2D eigenvalue weighted by molar-refractivity contribution is 5.86. The molecule has 5 nitrogen and oxygen atoms in total. The highest BCUT2D eigenvalue weighted by Gasteiger charge is 2.27. The SMILES string of the molecule is c1ccc(-c2ccc3c(c2)-c2nc(-c4ccccc4)nc(-c4cccc(-c5nc(-c6ccccc6)nc(-c6ccccc6)n5)c4)c2C3)cc1. The summed E-state index contributed by atoms with van der Waals surface area (Å²) in [5, 5.41) is 0. The second-order valence-corrected chi connectivity index (χ2v) is 12.1. The molecule has 230 valence electrons. The summed E-state index contributed by atoms with van der Waals surface area (Å²) in [6, 6.07) is 56.0. The van der Waals surface area contributed by atoms with E-state index >= 15 is 0 Å². The van der Waals surface area contributed by atoms with Gasteiger partial charge in [-0.2, -0.15) is 0 Å². The fraction of sp³-hybridized carbons (Fsp3) is 0.0227. The molecule has 1 aliphatic carbocycles. The molecule has 9 rings (SSSR count). The summed E-state index contributed by atoms with van der Waals surface area (Å²) in [4.78, 5) is 25.3. The van der Waals surface area contributed by atoms with Crippen molar-refractivity contribution in [3.8, 4) is 79.2 Å². The van der Waals surface area contributed by atoms with E-state index in [0.717, 1.165) is 56.8 Å². The Morgan fingerprint density at radius 2 is 0.755 bits per heavy atom. The summed E-state index contributed by atoms with van der Waals surface area (Å²) < 4.78 is 0. The third kappa shape index (κ3) is 5.47. The first-order valence-electron chi connectivity index (χ1n) is 16.4. The minimum Gasteiger partial charge on any atom is -0.228 e. The van der Waals surface area contributed by atoms with E-state index in [-0.39, 0.29) is 0 Å². The summed E-state index contributed by atoms with van der Waals surface area (Å²) >= 11 is 0. The van der Waals surface area contributed by atoms with E-state index in [0.29, 0.717) is 23.3 Å². The number of nitrogens with zero attached hydrogens (tertiary/aromatic N) is 5. The van der Waals surface area contributed by atoms with Crippen LogP contribution in [0.3, 0.4) is 0 Å². The maximum Gasteiger partial charge on any atom is 0.164 e. The molecule has 49 heavy (non-hydrogen) atoms. The lowest BCUT2D eigenvalue weighted by Crippen LogP contribution is -2.01. The molecule has 0 saturated carbocycles. The van der Waals surface area contributed by atoms with Crippen LogP contribution in [0.15, 0.2) is 164 Å². The van der Waals surface area contributed by atoms with Gasteiger partial charge in [-0.1, -0.05) is 152 Å². The predicted octanol–water partition coefficient (Wildman–Crippen LogP) is 10.2. The topological polar surface area (TPSA) is 64.5 Å². The second kappa shape index (κ2) is 12.2. The third-order valence-corrected chi connectivity index (χ3v) is 8.97. The van der Waals surface area contributed by atoms with E-state index in [2.05, 4.69) is 78.9 Å². The first kappa shape index (κ1) is 28.6. The normalized spacial score (nSPS) is 11.6. The largest absolute Gasteiger partial charge is 0.228 e. The Kier molecular flexibility index (Phi) is 7.13. The van der Waals surface area contributed by atoms with Gasteiger partial charge in [0.15, 0.2) is 23.3 Å². The monoisotopic (exact) mass is 627 g/mol. The van der Waals surface area contributed by atoms with Crippen LogP contribution in [0.4, 0.5) is 0 Å². The minimum atomic E-state index is 0.610. The molecule has 6 aromatic carbocycles. The zero-order chi connectivity index (χ0) is 32.6. The van der Waals surface area contributed by atoms with Gasteiger partial charge >= 0.3 is 0 Å². The molecule has 1 aliphatic rings. The van der Waals surface area contributed by atoms with Gasteiger partial charge in [-0.3, -0.25) is 0 Å². The van der Waals surface area contributed by atoms with Crippen molar-refractivity contribution < 1.29 is 0 Å². The lowest BCUT2D eigenvalue weighted by atomic mass is 10.00. The number of benzene rings is 6. The van der Waals surface area contributed by atoms with Crippen molar-refractivity contribution in [1.82, 2.24) is 24.9 Å². The Hall–Kier alpha value is -6.59. The van der Waals surface area contributed by atoms with Crippen molar-refractivity contribution >= 4 is 0 Å². The minimum absolute atomic E-state index is 0.610. The molecule has 0 bridgehead atoms. The molecule has 0 aliphatic heterocycles. The van der Waals surface area contributed by atoms with Crippen LogP contribution in [-0.4, -0.2) is 24.9 Å². The number of hydrogen-bond donors (Lipinski definition) is 0. The van der Waals surface area contributed by atoms with Crippen molar-refractivity contribution in [2.24, 2.45) is 0 Å². The van der Waals surface area contributed by atoms with Gasteiger partial charge < -0.3 is 0 Å². The summed E-state index contributed by atoms with van der Waals surface area (Å²) in [7, 11) is 0. The Balaban J connectivity index is 1.21. The number of aromatic nitrogens is 5. The Morgan fingerprint density at radius 3 is 1.33 bits per heavy atom. The predicted molar refractivity (Wildman–Crippen MR) is 196 cm³/mol. The van der Waals surface area contributed by atoms with Crippen LogP contribution in [0.2, 0.25) is 0 Å². The van der Waals surface area contributed by atoms with E-state index in [1.54, 1.807) is 0 Å². The van der Waals surface area contributed by atoms with Crippen molar-refractivity contribution in [2.75, 3.05) is 0 Å². The average Bonchev–Trinajstić information content (AvgIpc) is 3.57. The van der Waals surface area contributed by atoms with Gasteiger partial charge in [0, 0.05) is 45.4 Å². The van der Waals surface area contributed by atoms with Crippen LogP contribution in [0.25, 0.3) is 79.2 Å². The summed E-state index contributed by atoms with van der Waals surface area (Å²) in [5.41, 5.74) is 12.5. The summed E-state index contributed by atoms with van der Waals surface area (Å²) in [6.07, 6.45) is 0.760. The Morgan fingerprint density at radius 1 is 0.306 bits per heavy atom. The van der Waals surface area contributed by atoms with Gasteiger partial charge in [-0.15, -0.1) is 0 Å². The van der Waals surface area contributed by atoms with Gasteiger partial charge in [0.25, 0.3) is 0 Å². The molecule has 2 heterocycles. The van der Waals surface area contributed by atoms with E-state index in [1.807, 2.05) is 84.9 Å². The maximum absolute atomic E-state index is 5.25. The van der Waals surface area contributed by atoms with Crippen LogP contribution in [0, 0.1) is 0 Å². The molecule has 0 atom stereocenters. The zero-order valence-electron chi connectivity index (χ0n) is 26.5. The van der Waals surface area contributed by atoms with Crippen LogP contribution in [-0.2, 0) is 6.42 Å². The van der Waals surface area contributed by atoms with Gasteiger partial charge in [0.1, 0.15) is 0 Å². The Labute approximate surface area is 284 Å². The standard InChI is InChI=1S/C44H29N5/c1-5-14-29(15-6-1)33-24-25-34-28-38-39(45-41(30-16-7-2-8-17-30)46-40(38)37(34)27-33)35-22-13-23-36(26-35)44-48-42(31-18-9-3-10-19-31)47-43(49-44)32-20-11-4-12-21-32/h1-27H,28H2. The van der Waals surface area contributed by atoms with E-state index < -0.39 is 0 Å². The average molecular weight is 628 g/mol. The van der Waals surface area contributed by atoms with E-state index in [4.69, 9.17) is 24.9 Å². The van der Waals surface area contributed by atoms with Gasteiger partial charge in [-0.05, 0) is 28.8 Å². The maximum atomic E-state index is 5.25. The molecule has 0 saturated heterocycles. The molecular weight excluding hydrogens is 599 g/mol. The fourth-order valence-corrected chi connectivity index (χ4v) is 6.52. The van der Waals surface area contributed by atoms with Crippen molar-refractivity contribution in [1.29, 1.82) is 0 Å². The zero-order valence-corrected chi connectivity index (χ0v) is 26.5. The molecule has 2 aromatic heterocycles. The van der Waals surface area contributed by atoms with E-state index in [1.165, 1.54) is 16.7 Å². The second-order valence-electron chi connectivity index (χ2n) is 12.1. The summed E-state index contributed by atoms with van der Waals surface area (Å²) in [5.74, 6) is 2.58. The molecular formula is C44H29N5. The van der Waals surface area contributed by atoms with Crippen molar-refractivity contribution in [3.63, 3.8) is 0 Å². The van der Waals surface area contributed by atoms with Crippen LogP contribution >= 0.6 is 0 Å². The highest BCUT2D eigenvalue weighted by atomic mass is 15.0. The quantitative estimate of drug-likeness (QED) is 0.184. The lowest BCUT2D eigenvalue weighted by Gasteiger charge is -2.13. The molecule has 0 N–H and O–H groups in total. The van der Waals surface area contributed by atoms with E-state index in [9.17, 15) is 0 Å². The smallest absolute Gasteiger partial charge is 0.164 e. The lowest BCUT2D eigenvalue weighted by molar-refractivity contribution is 1.07. The highest BCUT2D eigenvalue weighted by Crippen LogP contribution is 2.43. The van der Waals surface area contributed by atoms with Crippen molar-refractivity contribution in [2.45, 2.75) is 6.42 Å². The van der Waals surface area contributed by atoms with Gasteiger partial charge in [-0.25, -0.2) is 24.9 Å². The third-order valence-electron chi connectivity index (χ3n) is 8.97. The van der Waals surface area contributed by atoms with Crippen LogP contribution in [0.5, 0.6) is 0 Å². The molecule has 0 radical (unpaired) electrons. The van der Waals surface area contributed by atoms with Crippen LogP contribution in [0.1, 0.15) is 11.1 Å². The molecule has 0 spiro atoms. The molecule has 0 amide bonds. The molecule has 8 aromatic rings. The first-order valence-corrected chi connectivity index (χ1v) is 16.4. The van der Waals surface area contributed by atoms with Gasteiger partial charge in [0.2, 0.25) is 0 Å². The Bertz CT molecular complexity index is 2390. The molecule has 0 unspecified atom stereocenters. The van der Waals surface area contributed by atoms with Gasteiger partial charge in [0.05, 0.1) is 11.4 Å². The number of fused-ring (bicyclic) bond motifs is 3. The molecule has 5 heteroatoms. The summed E-state index contributed by atoms with van der Waals surface area (Å²) in [6.45, 7) is 0. The fourth-order valence-electron chi connectivity index (χ4n) is 6.52.